The molecule has 0 amide bonds. The van der Waals surface area contributed by atoms with Crippen LogP contribution in [0.3, 0.4) is 0 Å². The molecule has 0 saturated carbocycles. The number of aromatic amines is 1. The highest BCUT2D eigenvalue weighted by Gasteiger charge is 2.00. The summed E-state index contributed by atoms with van der Waals surface area (Å²) in [5.74, 6) is 0.927. The number of hydrogen-bond donors (Lipinski definition) is 1. The van der Waals surface area contributed by atoms with Gasteiger partial charge in [0.15, 0.2) is 0 Å². The SMILES string of the molecule is CCCc1[c]ccc(-c2ncc[nH]2)c1. The second-order valence-electron chi connectivity index (χ2n) is 3.29. The van der Waals surface area contributed by atoms with Crippen LogP contribution >= 0.6 is 0 Å². The van der Waals surface area contributed by atoms with E-state index in [4.69, 9.17) is 0 Å². The van der Waals surface area contributed by atoms with E-state index in [0.717, 1.165) is 24.2 Å². The van der Waals surface area contributed by atoms with Crippen LogP contribution in [-0.4, -0.2) is 9.97 Å². The van der Waals surface area contributed by atoms with E-state index in [-0.39, 0.29) is 0 Å². The highest BCUT2D eigenvalue weighted by Crippen LogP contribution is 2.16. The highest BCUT2D eigenvalue weighted by atomic mass is 14.9. The third-order valence-electron chi connectivity index (χ3n) is 2.15. The predicted molar refractivity (Wildman–Crippen MR) is 56.9 cm³/mol. The molecule has 0 aliphatic heterocycles. The van der Waals surface area contributed by atoms with Crippen molar-refractivity contribution in [3.05, 3.63) is 42.2 Å². The van der Waals surface area contributed by atoms with Gasteiger partial charge >= 0.3 is 0 Å². The van der Waals surface area contributed by atoms with Crippen molar-refractivity contribution in [3.63, 3.8) is 0 Å². The van der Waals surface area contributed by atoms with Crippen molar-refractivity contribution in [3.8, 4) is 11.4 Å². The number of hydrogen-bond acceptors (Lipinski definition) is 1. The van der Waals surface area contributed by atoms with Gasteiger partial charge in [0.25, 0.3) is 0 Å². The van der Waals surface area contributed by atoms with Crippen LogP contribution in [0.5, 0.6) is 0 Å². The van der Waals surface area contributed by atoms with E-state index in [2.05, 4.69) is 29.0 Å². The van der Waals surface area contributed by atoms with Gasteiger partial charge in [-0.3, -0.25) is 0 Å². The second-order valence-corrected chi connectivity index (χ2v) is 3.29. The van der Waals surface area contributed by atoms with Crippen molar-refractivity contribution in [2.24, 2.45) is 0 Å². The summed E-state index contributed by atoms with van der Waals surface area (Å²) < 4.78 is 0. The van der Waals surface area contributed by atoms with Gasteiger partial charge in [-0.25, -0.2) is 4.98 Å². The molecule has 2 rings (SSSR count). The standard InChI is InChI=1S/C12H13N2/c1-2-4-10-5-3-6-11(9-10)12-13-7-8-14-12/h3,6-9H,2,4H2,1H3,(H,13,14). The number of aromatic nitrogens is 2. The van der Waals surface area contributed by atoms with Gasteiger partial charge < -0.3 is 4.98 Å². The van der Waals surface area contributed by atoms with Gasteiger partial charge in [0.05, 0.1) is 0 Å². The maximum atomic E-state index is 4.22. The monoisotopic (exact) mass is 185 g/mol. The Kier molecular flexibility index (Phi) is 2.63. The molecule has 0 bridgehead atoms. The maximum Gasteiger partial charge on any atom is 0.137 e. The van der Waals surface area contributed by atoms with Crippen molar-refractivity contribution < 1.29 is 0 Å². The van der Waals surface area contributed by atoms with E-state index in [9.17, 15) is 0 Å². The van der Waals surface area contributed by atoms with Crippen LogP contribution in [0.25, 0.3) is 11.4 Å². The molecule has 0 spiro atoms. The molecule has 0 saturated heterocycles. The summed E-state index contributed by atoms with van der Waals surface area (Å²) in [6, 6.07) is 9.36. The lowest BCUT2D eigenvalue weighted by Gasteiger charge is -2.00. The number of aryl methyl sites for hydroxylation is 1. The second kappa shape index (κ2) is 4.09. The number of H-pyrrole nitrogens is 1. The smallest absolute Gasteiger partial charge is 0.137 e. The minimum Gasteiger partial charge on any atom is -0.345 e. The summed E-state index contributed by atoms with van der Waals surface area (Å²) in [6.45, 7) is 2.17. The van der Waals surface area contributed by atoms with E-state index in [1.807, 2.05) is 18.3 Å². The predicted octanol–water partition coefficient (Wildman–Crippen LogP) is 2.83. The van der Waals surface area contributed by atoms with Crippen molar-refractivity contribution >= 4 is 0 Å². The van der Waals surface area contributed by atoms with Crippen LogP contribution in [0.4, 0.5) is 0 Å². The zero-order chi connectivity index (χ0) is 9.80. The molecule has 1 aromatic heterocycles. The molecule has 1 radical (unpaired) electrons. The first-order valence-electron chi connectivity index (χ1n) is 4.90. The molecule has 71 valence electrons. The molecule has 0 unspecified atom stereocenters. The molecule has 0 atom stereocenters. The number of imidazole rings is 1. The van der Waals surface area contributed by atoms with Gasteiger partial charge in [-0.2, -0.15) is 0 Å². The van der Waals surface area contributed by atoms with Crippen molar-refractivity contribution in [2.75, 3.05) is 0 Å². The number of nitrogens with one attached hydrogen (secondary N) is 1. The van der Waals surface area contributed by atoms with Crippen LogP contribution in [0, 0.1) is 6.07 Å². The highest BCUT2D eigenvalue weighted by molar-refractivity contribution is 5.55. The Morgan fingerprint density at radius 1 is 1.50 bits per heavy atom. The van der Waals surface area contributed by atoms with Crippen molar-refractivity contribution in [1.82, 2.24) is 9.97 Å². The Balaban J connectivity index is 2.31. The van der Waals surface area contributed by atoms with Crippen molar-refractivity contribution in [2.45, 2.75) is 19.8 Å². The van der Waals surface area contributed by atoms with Crippen LogP contribution < -0.4 is 0 Å². The number of nitrogens with zero attached hydrogens (tertiary/aromatic N) is 1. The molecule has 1 heterocycles. The third-order valence-corrected chi connectivity index (χ3v) is 2.15. The lowest BCUT2D eigenvalue weighted by atomic mass is 10.1. The molecular formula is C12H13N2. The Hall–Kier alpha value is -1.57. The normalized spacial score (nSPS) is 10.4. The first kappa shape index (κ1) is 9.00. The number of rotatable bonds is 3. The zero-order valence-electron chi connectivity index (χ0n) is 8.25. The van der Waals surface area contributed by atoms with E-state index < -0.39 is 0 Å². The fourth-order valence-corrected chi connectivity index (χ4v) is 1.50. The minimum atomic E-state index is 0.927. The van der Waals surface area contributed by atoms with E-state index in [1.165, 1.54) is 5.56 Å². The number of benzene rings is 1. The Labute approximate surface area is 84.0 Å². The van der Waals surface area contributed by atoms with Gasteiger partial charge in [-0.15, -0.1) is 0 Å². The van der Waals surface area contributed by atoms with Crippen LogP contribution in [-0.2, 0) is 6.42 Å². The van der Waals surface area contributed by atoms with Gasteiger partial charge in [0, 0.05) is 18.0 Å². The van der Waals surface area contributed by atoms with Gasteiger partial charge in [-0.05, 0) is 24.1 Å². The van der Waals surface area contributed by atoms with Gasteiger partial charge in [0.2, 0.25) is 0 Å². The van der Waals surface area contributed by atoms with Crippen molar-refractivity contribution in [1.29, 1.82) is 0 Å². The molecule has 2 heteroatoms. The van der Waals surface area contributed by atoms with E-state index >= 15 is 0 Å². The fraction of sp³-hybridized carbons (Fsp3) is 0.250. The van der Waals surface area contributed by atoms with Crippen LogP contribution in [0.2, 0.25) is 0 Å². The molecule has 1 N–H and O–H groups in total. The van der Waals surface area contributed by atoms with Crippen LogP contribution in [0.1, 0.15) is 18.9 Å². The third kappa shape index (κ3) is 1.84. The first-order chi connectivity index (χ1) is 6.90. The summed E-state index contributed by atoms with van der Waals surface area (Å²) >= 11 is 0. The maximum absolute atomic E-state index is 4.22. The minimum absolute atomic E-state index is 0.927. The summed E-state index contributed by atoms with van der Waals surface area (Å²) in [5.41, 5.74) is 2.39. The summed E-state index contributed by atoms with van der Waals surface area (Å²) in [7, 11) is 0. The quantitative estimate of drug-likeness (QED) is 0.782. The fourth-order valence-electron chi connectivity index (χ4n) is 1.50. The first-order valence-corrected chi connectivity index (χ1v) is 4.90. The molecule has 0 fully saturated rings. The lowest BCUT2D eigenvalue weighted by molar-refractivity contribution is 0.920. The largest absolute Gasteiger partial charge is 0.345 e. The molecule has 1 aromatic carbocycles. The molecule has 14 heavy (non-hydrogen) atoms. The Morgan fingerprint density at radius 2 is 2.43 bits per heavy atom. The lowest BCUT2D eigenvalue weighted by Crippen LogP contribution is -1.86. The van der Waals surface area contributed by atoms with E-state index in [1.54, 1.807) is 6.20 Å². The molecule has 2 aromatic rings. The topological polar surface area (TPSA) is 28.7 Å². The zero-order valence-corrected chi connectivity index (χ0v) is 8.25. The summed E-state index contributed by atoms with van der Waals surface area (Å²) in [4.78, 5) is 7.32. The Morgan fingerprint density at radius 3 is 3.14 bits per heavy atom. The van der Waals surface area contributed by atoms with Gasteiger partial charge in [-0.1, -0.05) is 25.5 Å². The molecule has 2 nitrogen and oxygen atoms in total. The average Bonchev–Trinajstić information content (AvgIpc) is 2.71. The summed E-state index contributed by atoms with van der Waals surface area (Å²) in [5, 5.41) is 0. The summed E-state index contributed by atoms with van der Waals surface area (Å²) in [6.07, 6.45) is 5.84. The van der Waals surface area contributed by atoms with Gasteiger partial charge in [0.1, 0.15) is 5.82 Å². The molecule has 0 aliphatic carbocycles. The Bertz CT molecular complexity index is 390. The average molecular weight is 185 g/mol. The van der Waals surface area contributed by atoms with Crippen LogP contribution in [0.15, 0.2) is 30.6 Å². The molecule has 0 aliphatic rings. The van der Waals surface area contributed by atoms with E-state index in [0.29, 0.717) is 0 Å². The molecular weight excluding hydrogens is 172 g/mol.